The van der Waals surface area contributed by atoms with Gasteiger partial charge in [-0.2, -0.15) is 13.2 Å². The van der Waals surface area contributed by atoms with Gasteiger partial charge in [0.1, 0.15) is 24.5 Å². The van der Waals surface area contributed by atoms with Crippen LogP contribution in [0.4, 0.5) is 13.2 Å². The number of benzene rings is 1. The third-order valence-electron chi connectivity index (χ3n) is 5.13. The molecule has 3 atom stereocenters. The van der Waals surface area contributed by atoms with Crippen LogP contribution in [0.25, 0.3) is 0 Å². The Labute approximate surface area is 204 Å². The van der Waals surface area contributed by atoms with Crippen LogP contribution in [-0.4, -0.2) is 71.0 Å². The summed E-state index contributed by atoms with van der Waals surface area (Å²) in [7, 11) is 0. The summed E-state index contributed by atoms with van der Waals surface area (Å²) in [6.07, 6.45) is -5.35. The molecule has 1 aromatic carbocycles. The molecule has 0 spiro atoms. The average molecular weight is 584 g/mol. The minimum atomic E-state index is -4.69. The van der Waals surface area contributed by atoms with E-state index >= 15 is 0 Å². The van der Waals surface area contributed by atoms with Gasteiger partial charge < -0.3 is 25.2 Å². The second kappa shape index (κ2) is 12.6. The molecule has 7 nitrogen and oxygen atoms in total. The molecular weight excluding hydrogens is 556 g/mol. The Morgan fingerprint density at radius 3 is 2.61 bits per heavy atom. The summed E-state index contributed by atoms with van der Waals surface area (Å²) < 4.78 is 46.7. The van der Waals surface area contributed by atoms with Crippen molar-refractivity contribution in [3.8, 4) is 5.75 Å². The van der Waals surface area contributed by atoms with Gasteiger partial charge in [0.25, 0.3) is 0 Å². The Hall–Kier alpha value is -1.86. The second-order valence-corrected chi connectivity index (χ2v) is 8.85. The third-order valence-corrected chi connectivity index (χ3v) is 6.02. The highest BCUT2D eigenvalue weighted by Crippen LogP contribution is 2.31. The first-order valence-corrected chi connectivity index (χ1v) is 11.7. The Balaban J connectivity index is 2.41. The van der Waals surface area contributed by atoms with Crippen molar-refractivity contribution in [1.29, 1.82) is 0 Å². The molecule has 1 aromatic rings. The van der Waals surface area contributed by atoms with Crippen molar-refractivity contribution in [2.75, 3.05) is 19.7 Å². The topological polar surface area (TPSA) is 99.1 Å². The fourth-order valence-corrected chi connectivity index (χ4v) is 4.04. The number of amides is 2. The maximum atomic E-state index is 13.4. The maximum absolute atomic E-state index is 13.4. The van der Waals surface area contributed by atoms with Crippen molar-refractivity contribution >= 4 is 34.4 Å². The number of alkyl halides is 3. The number of nitrogens with zero attached hydrogens (tertiary/aromatic N) is 1. The van der Waals surface area contributed by atoms with Gasteiger partial charge in [0.15, 0.2) is 0 Å². The molecule has 0 aromatic heterocycles. The lowest BCUT2D eigenvalue weighted by molar-refractivity contribution is -0.172. The summed E-state index contributed by atoms with van der Waals surface area (Å²) >= 11 is 2.02. The minimum Gasteiger partial charge on any atom is -0.482 e. The molecule has 0 heterocycles. The highest BCUT2D eigenvalue weighted by molar-refractivity contribution is 14.1. The van der Waals surface area contributed by atoms with Crippen LogP contribution in [0.15, 0.2) is 35.9 Å². The Morgan fingerprint density at radius 2 is 2.00 bits per heavy atom. The van der Waals surface area contributed by atoms with Crippen LogP contribution in [0.5, 0.6) is 5.75 Å². The van der Waals surface area contributed by atoms with Crippen molar-refractivity contribution in [3.05, 3.63) is 39.5 Å². The summed E-state index contributed by atoms with van der Waals surface area (Å²) in [5.41, 5.74) is 0.0742. The van der Waals surface area contributed by atoms with E-state index in [1.807, 2.05) is 29.5 Å². The second-order valence-electron chi connectivity index (χ2n) is 7.69. The van der Waals surface area contributed by atoms with Gasteiger partial charge in [-0.25, -0.2) is 0 Å². The number of carbonyl (C=O) groups excluding carboxylic acids is 2. The quantitative estimate of drug-likeness (QED) is 0.368. The molecule has 0 aliphatic heterocycles. The van der Waals surface area contributed by atoms with Crippen LogP contribution in [0.1, 0.15) is 32.6 Å². The molecule has 0 radical (unpaired) electrons. The number of hydrogen-bond acceptors (Lipinski definition) is 5. The number of hydrogen-bond donors (Lipinski definition) is 3. The van der Waals surface area contributed by atoms with E-state index < -0.39 is 42.8 Å². The largest absolute Gasteiger partial charge is 0.482 e. The number of halogens is 4. The number of aliphatic hydroxyl groups excluding tert-OH is 2. The third kappa shape index (κ3) is 8.14. The number of para-hydroxylation sites is 1. The van der Waals surface area contributed by atoms with E-state index in [0.29, 0.717) is 27.1 Å². The molecule has 11 heteroatoms. The zero-order valence-corrected chi connectivity index (χ0v) is 20.3. The van der Waals surface area contributed by atoms with Gasteiger partial charge in [-0.05, 0) is 47.2 Å². The molecule has 3 N–H and O–H groups in total. The van der Waals surface area contributed by atoms with E-state index in [2.05, 4.69) is 5.32 Å². The molecular formula is C22H28F3IN2O5. The SMILES string of the molecule is CCCCC(=O)N(CC(F)(F)F)[C@@H]1CC(C(=O)NCCO)=C[C@H](Oc2ccccc2I)[C@H]1O. The van der Waals surface area contributed by atoms with Gasteiger partial charge in [-0.15, -0.1) is 0 Å². The fraction of sp³-hybridized carbons (Fsp3) is 0.545. The number of aliphatic hydroxyl groups is 2. The Bertz CT molecular complexity index is 850. The van der Waals surface area contributed by atoms with E-state index in [1.54, 1.807) is 24.3 Å². The lowest BCUT2D eigenvalue weighted by Crippen LogP contribution is -2.57. The van der Waals surface area contributed by atoms with Crippen LogP contribution in [0.3, 0.4) is 0 Å². The molecule has 0 bridgehead atoms. The number of ether oxygens (including phenoxy) is 1. The van der Waals surface area contributed by atoms with Gasteiger partial charge in [-0.1, -0.05) is 25.5 Å². The Kier molecular flexibility index (Phi) is 10.4. The standard InChI is InChI=1S/C22H28F3IN2O5/c1-2-3-8-19(30)28(13-22(23,24)25)16-11-14(21(32)27-9-10-29)12-18(20(16)31)33-17-7-5-4-6-15(17)26/h4-7,12,16,18,20,29,31H,2-3,8-11,13H2,1H3,(H,27,32)/t16-,18+,20+/m1/s1. The molecule has 0 fully saturated rings. The van der Waals surface area contributed by atoms with Crippen LogP contribution in [0.2, 0.25) is 0 Å². The van der Waals surface area contributed by atoms with Crippen LogP contribution in [-0.2, 0) is 9.59 Å². The van der Waals surface area contributed by atoms with Gasteiger partial charge in [0.2, 0.25) is 11.8 Å². The molecule has 1 aliphatic carbocycles. The van der Waals surface area contributed by atoms with Crippen molar-refractivity contribution in [3.63, 3.8) is 0 Å². The number of carbonyl (C=O) groups is 2. The van der Waals surface area contributed by atoms with E-state index in [9.17, 15) is 27.9 Å². The minimum absolute atomic E-state index is 0.0484. The maximum Gasteiger partial charge on any atom is 0.406 e. The monoisotopic (exact) mass is 584 g/mol. The zero-order chi connectivity index (χ0) is 24.6. The van der Waals surface area contributed by atoms with E-state index in [4.69, 9.17) is 9.84 Å². The molecule has 2 rings (SSSR count). The van der Waals surface area contributed by atoms with E-state index in [-0.39, 0.29) is 31.6 Å². The molecule has 0 saturated carbocycles. The summed E-state index contributed by atoms with van der Waals surface area (Å²) in [5.74, 6) is -0.970. The van der Waals surface area contributed by atoms with Crippen molar-refractivity contribution in [2.45, 2.75) is 57.0 Å². The van der Waals surface area contributed by atoms with E-state index in [0.717, 1.165) is 0 Å². The number of rotatable bonds is 10. The molecule has 2 amide bonds. The van der Waals surface area contributed by atoms with Crippen molar-refractivity contribution in [2.24, 2.45) is 0 Å². The van der Waals surface area contributed by atoms with Gasteiger partial charge in [-0.3, -0.25) is 9.59 Å². The first-order valence-electron chi connectivity index (χ1n) is 10.6. The van der Waals surface area contributed by atoms with Crippen LogP contribution >= 0.6 is 22.6 Å². The highest BCUT2D eigenvalue weighted by Gasteiger charge is 2.44. The van der Waals surface area contributed by atoms with Crippen molar-refractivity contribution in [1.82, 2.24) is 10.2 Å². The Morgan fingerprint density at radius 1 is 1.30 bits per heavy atom. The zero-order valence-electron chi connectivity index (χ0n) is 18.1. The molecule has 0 unspecified atom stereocenters. The summed E-state index contributed by atoms with van der Waals surface area (Å²) in [4.78, 5) is 25.9. The van der Waals surface area contributed by atoms with Gasteiger partial charge in [0.05, 0.1) is 16.2 Å². The normalized spacial score (nSPS) is 20.7. The predicted octanol–water partition coefficient (Wildman–Crippen LogP) is 2.79. The number of nitrogens with one attached hydrogen (secondary N) is 1. The lowest BCUT2D eigenvalue weighted by Gasteiger charge is -2.40. The molecule has 33 heavy (non-hydrogen) atoms. The predicted molar refractivity (Wildman–Crippen MR) is 123 cm³/mol. The average Bonchev–Trinajstić information content (AvgIpc) is 2.76. The van der Waals surface area contributed by atoms with E-state index in [1.165, 1.54) is 6.08 Å². The highest BCUT2D eigenvalue weighted by atomic mass is 127. The molecule has 184 valence electrons. The van der Waals surface area contributed by atoms with Crippen LogP contribution in [0, 0.1) is 3.57 Å². The van der Waals surface area contributed by atoms with Crippen molar-refractivity contribution < 1.29 is 37.7 Å². The first-order chi connectivity index (χ1) is 15.6. The molecule has 0 saturated heterocycles. The summed E-state index contributed by atoms with van der Waals surface area (Å²) in [6.45, 7) is -0.0942. The first kappa shape index (κ1) is 27.4. The smallest absolute Gasteiger partial charge is 0.406 e. The number of unbranched alkanes of at least 4 members (excludes halogenated alkanes) is 1. The molecule has 1 aliphatic rings. The van der Waals surface area contributed by atoms with Gasteiger partial charge in [0, 0.05) is 25.0 Å². The van der Waals surface area contributed by atoms with Gasteiger partial charge >= 0.3 is 6.18 Å². The van der Waals surface area contributed by atoms with Crippen LogP contribution < -0.4 is 10.1 Å². The summed E-state index contributed by atoms with van der Waals surface area (Å²) in [6, 6.07) is 5.55. The summed E-state index contributed by atoms with van der Waals surface area (Å²) in [5, 5.41) is 22.4. The fourth-order valence-electron chi connectivity index (χ4n) is 3.52. The lowest BCUT2D eigenvalue weighted by atomic mass is 9.88.